The largest absolute Gasteiger partial charge is 0.486 e. The molecule has 0 aliphatic carbocycles. The van der Waals surface area contributed by atoms with Gasteiger partial charge in [0.1, 0.15) is 6.61 Å². The van der Waals surface area contributed by atoms with E-state index in [-0.39, 0.29) is 12.0 Å². The van der Waals surface area contributed by atoms with Crippen LogP contribution < -0.4 is 9.47 Å². The van der Waals surface area contributed by atoms with Crippen molar-refractivity contribution in [3.8, 4) is 11.5 Å². The number of amides is 1. The van der Waals surface area contributed by atoms with Crippen LogP contribution in [0.2, 0.25) is 0 Å². The van der Waals surface area contributed by atoms with Crippen LogP contribution in [-0.4, -0.2) is 46.9 Å². The zero-order valence-electron chi connectivity index (χ0n) is 17.6. The Bertz CT molecular complexity index is 828. The highest BCUT2D eigenvalue weighted by Crippen LogP contribution is 2.31. The van der Waals surface area contributed by atoms with E-state index >= 15 is 0 Å². The lowest BCUT2D eigenvalue weighted by Gasteiger charge is -2.29. The van der Waals surface area contributed by atoms with E-state index in [1.807, 2.05) is 38.2 Å². The number of aromatic nitrogens is 2. The maximum Gasteiger partial charge on any atom is 0.222 e. The van der Waals surface area contributed by atoms with Crippen molar-refractivity contribution in [1.82, 2.24) is 14.7 Å². The molecule has 1 amide bonds. The molecule has 6 nitrogen and oxygen atoms in total. The molecule has 1 aliphatic rings. The Morgan fingerprint density at radius 2 is 2.00 bits per heavy atom. The van der Waals surface area contributed by atoms with Crippen LogP contribution in [0.15, 0.2) is 24.3 Å². The summed E-state index contributed by atoms with van der Waals surface area (Å²) in [5, 5.41) is 4.64. The van der Waals surface area contributed by atoms with Crippen molar-refractivity contribution >= 4 is 5.91 Å². The van der Waals surface area contributed by atoms with Crippen molar-refractivity contribution in [1.29, 1.82) is 0 Å². The average molecular weight is 386 g/mol. The molecule has 1 atom stereocenters. The van der Waals surface area contributed by atoms with E-state index in [4.69, 9.17) is 9.47 Å². The predicted molar refractivity (Wildman–Crippen MR) is 109 cm³/mol. The SMILES string of the molecule is Cc1nn(CC(C)C)c(C)c1CCC(=O)N(C)CC1COc2ccccc2O1. The molecule has 0 spiro atoms. The van der Waals surface area contributed by atoms with E-state index in [0.717, 1.165) is 23.7 Å². The van der Waals surface area contributed by atoms with E-state index < -0.39 is 0 Å². The van der Waals surface area contributed by atoms with Gasteiger partial charge in [0.05, 0.1) is 12.2 Å². The summed E-state index contributed by atoms with van der Waals surface area (Å²) in [6, 6.07) is 7.63. The first-order valence-electron chi connectivity index (χ1n) is 10.0. The van der Waals surface area contributed by atoms with Gasteiger partial charge in [0, 0.05) is 25.7 Å². The van der Waals surface area contributed by atoms with E-state index in [0.29, 0.717) is 31.9 Å². The Labute approximate surface area is 167 Å². The van der Waals surface area contributed by atoms with Crippen LogP contribution in [0, 0.1) is 19.8 Å². The van der Waals surface area contributed by atoms with Crippen LogP contribution in [0.4, 0.5) is 0 Å². The molecule has 1 unspecified atom stereocenters. The summed E-state index contributed by atoms with van der Waals surface area (Å²) in [6.45, 7) is 10.4. The number of hydrogen-bond acceptors (Lipinski definition) is 4. The molecule has 28 heavy (non-hydrogen) atoms. The average Bonchev–Trinajstić information content (AvgIpc) is 2.92. The molecule has 0 bridgehead atoms. The van der Waals surface area contributed by atoms with Crippen LogP contribution >= 0.6 is 0 Å². The Hall–Kier alpha value is -2.50. The van der Waals surface area contributed by atoms with Gasteiger partial charge >= 0.3 is 0 Å². The quantitative estimate of drug-likeness (QED) is 0.733. The first-order valence-corrected chi connectivity index (χ1v) is 10.0. The first kappa shape index (κ1) is 20.2. The Morgan fingerprint density at radius 3 is 2.71 bits per heavy atom. The molecule has 3 rings (SSSR count). The van der Waals surface area contributed by atoms with Gasteiger partial charge in [-0.05, 0) is 43.9 Å². The standard InChI is InChI=1S/C22H31N3O3/c1-15(2)12-25-17(4)19(16(3)23-25)10-11-22(26)24(5)13-18-14-27-20-8-6-7-9-21(20)28-18/h6-9,15,18H,10-14H2,1-5H3. The lowest BCUT2D eigenvalue weighted by atomic mass is 10.1. The molecule has 1 aromatic carbocycles. The number of carbonyl (C=O) groups is 1. The second-order valence-electron chi connectivity index (χ2n) is 8.00. The molecule has 1 aromatic heterocycles. The number of hydrogen-bond donors (Lipinski definition) is 0. The van der Waals surface area contributed by atoms with Gasteiger partial charge in [-0.2, -0.15) is 5.10 Å². The summed E-state index contributed by atoms with van der Waals surface area (Å²) in [5.41, 5.74) is 3.38. The highest BCUT2D eigenvalue weighted by molar-refractivity contribution is 5.76. The van der Waals surface area contributed by atoms with Gasteiger partial charge < -0.3 is 14.4 Å². The third-order valence-electron chi connectivity index (χ3n) is 5.13. The molecule has 2 aromatic rings. The number of carbonyl (C=O) groups excluding carboxylic acids is 1. The third-order valence-corrected chi connectivity index (χ3v) is 5.13. The molecule has 0 saturated carbocycles. The van der Waals surface area contributed by atoms with Gasteiger partial charge in [0.2, 0.25) is 5.91 Å². The van der Waals surface area contributed by atoms with E-state index in [1.165, 1.54) is 11.3 Å². The molecular weight excluding hydrogens is 354 g/mol. The van der Waals surface area contributed by atoms with Crippen molar-refractivity contribution in [3.05, 3.63) is 41.2 Å². The molecule has 1 aliphatic heterocycles. The van der Waals surface area contributed by atoms with Crippen LogP contribution in [-0.2, 0) is 17.8 Å². The number of para-hydroxylation sites is 2. The molecule has 152 valence electrons. The smallest absolute Gasteiger partial charge is 0.222 e. The molecule has 0 radical (unpaired) electrons. The van der Waals surface area contributed by atoms with Gasteiger partial charge in [-0.15, -0.1) is 0 Å². The monoisotopic (exact) mass is 385 g/mol. The molecule has 0 saturated heterocycles. The molecule has 0 fully saturated rings. The fourth-order valence-electron chi connectivity index (χ4n) is 3.60. The number of benzene rings is 1. The fourth-order valence-corrected chi connectivity index (χ4v) is 3.60. The van der Waals surface area contributed by atoms with Gasteiger partial charge in [-0.1, -0.05) is 26.0 Å². The zero-order valence-corrected chi connectivity index (χ0v) is 17.6. The number of fused-ring (bicyclic) bond motifs is 1. The van der Waals surface area contributed by atoms with Gasteiger partial charge in [-0.25, -0.2) is 0 Å². The highest BCUT2D eigenvalue weighted by Gasteiger charge is 2.24. The van der Waals surface area contributed by atoms with Crippen LogP contribution in [0.1, 0.15) is 37.2 Å². The van der Waals surface area contributed by atoms with E-state index in [1.54, 1.807) is 4.90 Å². The number of aryl methyl sites for hydroxylation is 1. The Kier molecular flexibility index (Phi) is 6.27. The number of rotatable bonds is 7. The fraction of sp³-hybridized carbons (Fsp3) is 0.545. The van der Waals surface area contributed by atoms with Crippen molar-refractivity contribution in [2.75, 3.05) is 20.2 Å². The van der Waals surface area contributed by atoms with Crippen LogP contribution in [0.5, 0.6) is 11.5 Å². The summed E-state index contributed by atoms with van der Waals surface area (Å²) in [6.07, 6.45) is 1.03. The molecule has 2 heterocycles. The number of ether oxygens (including phenoxy) is 2. The second-order valence-corrected chi connectivity index (χ2v) is 8.00. The lowest BCUT2D eigenvalue weighted by molar-refractivity contribution is -0.131. The summed E-state index contributed by atoms with van der Waals surface area (Å²) in [7, 11) is 1.83. The third kappa shape index (κ3) is 4.66. The minimum absolute atomic E-state index is 0.109. The van der Waals surface area contributed by atoms with Crippen molar-refractivity contribution in [2.45, 2.75) is 53.2 Å². The topological polar surface area (TPSA) is 56.6 Å². The molecule has 0 N–H and O–H groups in total. The minimum atomic E-state index is -0.152. The maximum absolute atomic E-state index is 12.6. The first-order chi connectivity index (χ1) is 13.3. The summed E-state index contributed by atoms with van der Waals surface area (Å²) in [5.74, 6) is 2.15. The summed E-state index contributed by atoms with van der Waals surface area (Å²) in [4.78, 5) is 14.4. The number of nitrogens with zero attached hydrogens (tertiary/aromatic N) is 3. The minimum Gasteiger partial charge on any atom is -0.486 e. The van der Waals surface area contributed by atoms with Crippen molar-refractivity contribution < 1.29 is 14.3 Å². The van der Waals surface area contributed by atoms with Crippen LogP contribution in [0.25, 0.3) is 0 Å². The summed E-state index contributed by atoms with van der Waals surface area (Å²) >= 11 is 0. The lowest BCUT2D eigenvalue weighted by Crippen LogP contribution is -2.41. The van der Waals surface area contributed by atoms with E-state index in [9.17, 15) is 4.79 Å². The normalized spacial score (nSPS) is 15.7. The molecule has 6 heteroatoms. The van der Waals surface area contributed by atoms with E-state index in [2.05, 4.69) is 30.6 Å². The summed E-state index contributed by atoms with van der Waals surface area (Å²) < 4.78 is 13.8. The molecular formula is C22H31N3O3. The van der Waals surface area contributed by atoms with Gasteiger partial charge in [0.25, 0.3) is 0 Å². The van der Waals surface area contributed by atoms with Gasteiger partial charge in [-0.3, -0.25) is 9.48 Å². The second kappa shape index (κ2) is 8.67. The maximum atomic E-state index is 12.6. The highest BCUT2D eigenvalue weighted by atomic mass is 16.6. The van der Waals surface area contributed by atoms with Crippen LogP contribution in [0.3, 0.4) is 0 Å². The Morgan fingerprint density at radius 1 is 1.29 bits per heavy atom. The van der Waals surface area contributed by atoms with Crippen molar-refractivity contribution in [3.63, 3.8) is 0 Å². The zero-order chi connectivity index (χ0) is 20.3. The Balaban J connectivity index is 1.53. The predicted octanol–water partition coefficient (Wildman–Crippen LogP) is 3.39. The number of likely N-dealkylation sites (N-methyl/N-ethyl adjacent to an activating group) is 1. The van der Waals surface area contributed by atoms with Gasteiger partial charge in [0.15, 0.2) is 17.6 Å². The van der Waals surface area contributed by atoms with Crippen molar-refractivity contribution in [2.24, 2.45) is 5.92 Å².